The zero-order chi connectivity index (χ0) is 11.9. The lowest BCUT2D eigenvalue weighted by atomic mass is 9.64. The monoisotopic (exact) mass is 220 g/mol. The van der Waals surface area contributed by atoms with Crippen molar-refractivity contribution in [1.82, 2.24) is 0 Å². The third kappa shape index (κ3) is 1.74. The van der Waals surface area contributed by atoms with Gasteiger partial charge in [-0.3, -0.25) is 4.79 Å². The summed E-state index contributed by atoms with van der Waals surface area (Å²) in [5.41, 5.74) is 1.72. The van der Waals surface area contributed by atoms with E-state index in [0.717, 1.165) is 18.3 Å². The Morgan fingerprint density at radius 3 is 2.62 bits per heavy atom. The molecule has 0 aromatic heterocycles. The molecule has 0 N–H and O–H groups in total. The summed E-state index contributed by atoms with van der Waals surface area (Å²) in [6.07, 6.45) is 6.64. The molecule has 16 heavy (non-hydrogen) atoms. The van der Waals surface area contributed by atoms with Gasteiger partial charge in [-0.2, -0.15) is 0 Å². The van der Waals surface area contributed by atoms with Crippen molar-refractivity contribution in [2.24, 2.45) is 23.2 Å². The van der Waals surface area contributed by atoms with Gasteiger partial charge in [0.15, 0.2) is 5.78 Å². The van der Waals surface area contributed by atoms with Gasteiger partial charge in [-0.1, -0.05) is 26.3 Å². The fraction of sp³-hybridized carbons (Fsp3) is 0.800. The summed E-state index contributed by atoms with van der Waals surface area (Å²) in [5.74, 6) is 2.54. The Morgan fingerprint density at radius 1 is 1.44 bits per heavy atom. The van der Waals surface area contributed by atoms with Crippen LogP contribution < -0.4 is 0 Å². The van der Waals surface area contributed by atoms with Gasteiger partial charge >= 0.3 is 0 Å². The SMILES string of the molecule is CC1=CC(=O)C[C@@H](C)C12CCC(C(C)C)C2. The Kier molecular flexibility index (Phi) is 2.98. The molecule has 2 aliphatic rings. The highest BCUT2D eigenvalue weighted by molar-refractivity contribution is 5.91. The first-order valence-electron chi connectivity index (χ1n) is 6.67. The molecule has 1 heteroatoms. The molecule has 0 amide bonds. The molecule has 0 aliphatic heterocycles. The minimum atomic E-state index is 0.337. The molecule has 3 atom stereocenters. The first kappa shape index (κ1) is 11.9. The molecule has 2 unspecified atom stereocenters. The van der Waals surface area contributed by atoms with Gasteiger partial charge in [0.25, 0.3) is 0 Å². The number of allylic oxidation sites excluding steroid dienone is 2. The van der Waals surface area contributed by atoms with Crippen LogP contribution in [0.3, 0.4) is 0 Å². The number of hydrogen-bond acceptors (Lipinski definition) is 1. The number of carbonyl (C=O) groups excluding carboxylic acids is 1. The van der Waals surface area contributed by atoms with E-state index in [2.05, 4.69) is 27.7 Å². The highest BCUT2D eigenvalue weighted by Gasteiger charge is 2.47. The van der Waals surface area contributed by atoms with Gasteiger partial charge in [0.1, 0.15) is 0 Å². The number of rotatable bonds is 1. The number of ketones is 1. The average Bonchev–Trinajstić information content (AvgIpc) is 2.60. The summed E-state index contributed by atoms with van der Waals surface area (Å²) in [4.78, 5) is 11.6. The van der Waals surface area contributed by atoms with Gasteiger partial charge in [-0.15, -0.1) is 0 Å². The predicted molar refractivity (Wildman–Crippen MR) is 67.2 cm³/mol. The molecule has 2 rings (SSSR count). The van der Waals surface area contributed by atoms with Crippen molar-refractivity contribution in [3.63, 3.8) is 0 Å². The molecule has 0 radical (unpaired) electrons. The third-order valence-corrected chi connectivity index (χ3v) is 5.14. The first-order chi connectivity index (χ1) is 7.45. The van der Waals surface area contributed by atoms with Gasteiger partial charge in [0.2, 0.25) is 0 Å². The minimum absolute atomic E-state index is 0.337. The Morgan fingerprint density at radius 2 is 2.12 bits per heavy atom. The smallest absolute Gasteiger partial charge is 0.155 e. The van der Waals surface area contributed by atoms with E-state index < -0.39 is 0 Å². The van der Waals surface area contributed by atoms with Crippen molar-refractivity contribution >= 4 is 5.78 Å². The maximum Gasteiger partial charge on any atom is 0.155 e. The fourth-order valence-electron chi connectivity index (χ4n) is 3.82. The summed E-state index contributed by atoms with van der Waals surface area (Å²) in [7, 11) is 0. The predicted octanol–water partition coefficient (Wildman–Crippen LogP) is 3.98. The second-order valence-electron chi connectivity index (χ2n) is 6.30. The molecular weight excluding hydrogens is 196 g/mol. The molecule has 0 heterocycles. The van der Waals surface area contributed by atoms with Crippen LogP contribution in [0.5, 0.6) is 0 Å². The van der Waals surface area contributed by atoms with Crippen molar-refractivity contribution in [3.05, 3.63) is 11.6 Å². The lowest BCUT2D eigenvalue weighted by Gasteiger charge is -2.40. The summed E-state index contributed by atoms with van der Waals surface area (Å²) in [6.45, 7) is 9.12. The van der Waals surface area contributed by atoms with Crippen LogP contribution >= 0.6 is 0 Å². The lowest BCUT2D eigenvalue weighted by Crippen LogP contribution is -2.33. The van der Waals surface area contributed by atoms with Crippen LogP contribution in [-0.4, -0.2) is 5.78 Å². The molecule has 2 aliphatic carbocycles. The Balaban J connectivity index is 2.25. The molecule has 0 aromatic rings. The van der Waals surface area contributed by atoms with Crippen LogP contribution in [0.15, 0.2) is 11.6 Å². The third-order valence-electron chi connectivity index (χ3n) is 5.14. The lowest BCUT2D eigenvalue weighted by molar-refractivity contribution is -0.117. The molecule has 0 bridgehead atoms. The molecule has 0 aromatic carbocycles. The minimum Gasteiger partial charge on any atom is -0.295 e. The van der Waals surface area contributed by atoms with Gasteiger partial charge < -0.3 is 0 Å². The Hall–Kier alpha value is -0.590. The summed E-state index contributed by atoms with van der Waals surface area (Å²) in [5, 5.41) is 0. The Bertz CT molecular complexity index is 326. The van der Waals surface area contributed by atoms with Crippen LogP contribution in [0.4, 0.5) is 0 Å². The summed E-state index contributed by atoms with van der Waals surface area (Å²) >= 11 is 0. The van der Waals surface area contributed by atoms with Gasteiger partial charge in [-0.05, 0) is 55.4 Å². The Labute approximate surface area is 99.3 Å². The summed E-state index contributed by atoms with van der Waals surface area (Å²) in [6, 6.07) is 0. The zero-order valence-corrected chi connectivity index (χ0v) is 11.0. The van der Waals surface area contributed by atoms with Crippen molar-refractivity contribution in [2.45, 2.75) is 53.4 Å². The van der Waals surface area contributed by atoms with Gasteiger partial charge in [0, 0.05) is 6.42 Å². The molecule has 1 saturated carbocycles. The second-order valence-corrected chi connectivity index (χ2v) is 6.30. The molecule has 1 spiro atoms. The van der Waals surface area contributed by atoms with E-state index in [1.54, 1.807) is 0 Å². The van der Waals surface area contributed by atoms with Crippen LogP contribution in [0.25, 0.3) is 0 Å². The molecule has 90 valence electrons. The van der Waals surface area contributed by atoms with E-state index in [4.69, 9.17) is 0 Å². The standard InChI is InChI=1S/C15H24O/c1-10(2)13-5-6-15(9-13)11(3)7-14(16)8-12(15)4/h7,10,12-13H,5-6,8-9H2,1-4H3/t12-,13?,15?/m1/s1. The summed E-state index contributed by atoms with van der Waals surface area (Å²) < 4.78 is 0. The zero-order valence-electron chi connectivity index (χ0n) is 11.0. The van der Waals surface area contributed by atoms with Crippen molar-refractivity contribution in [2.75, 3.05) is 0 Å². The normalized spacial score (nSPS) is 39.6. The van der Waals surface area contributed by atoms with E-state index >= 15 is 0 Å². The van der Waals surface area contributed by atoms with Gasteiger partial charge in [0.05, 0.1) is 0 Å². The van der Waals surface area contributed by atoms with E-state index in [-0.39, 0.29) is 0 Å². The highest BCUT2D eigenvalue weighted by atomic mass is 16.1. The molecule has 1 fully saturated rings. The van der Waals surface area contributed by atoms with E-state index in [1.807, 2.05) is 6.08 Å². The maximum atomic E-state index is 11.6. The van der Waals surface area contributed by atoms with E-state index in [1.165, 1.54) is 24.8 Å². The molecular formula is C15H24O. The quantitative estimate of drug-likeness (QED) is 0.653. The highest BCUT2D eigenvalue weighted by Crippen LogP contribution is 2.56. The second kappa shape index (κ2) is 4.01. The molecule has 0 saturated heterocycles. The van der Waals surface area contributed by atoms with Crippen LogP contribution in [0.1, 0.15) is 53.4 Å². The largest absolute Gasteiger partial charge is 0.295 e. The topological polar surface area (TPSA) is 17.1 Å². The van der Waals surface area contributed by atoms with Crippen molar-refractivity contribution < 1.29 is 4.79 Å². The fourth-order valence-corrected chi connectivity index (χ4v) is 3.82. The maximum absolute atomic E-state index is 11.6. The first-order valence-corrected chi connectivity index (χ1v) is 6.67. The van der Waals surface area contributed by atoms with Crippen LogP contribution in [0, 0.1) is 23.2 Å². The molecule has 1 nitrogen and oxygen atoms in total. The van der Waals surface area contributed by atoms with Crippen LogP contribution in [-0.2, 0) is 4.79 Å². The van der Waals surface area contributed by atoms with E-state index in [0.29, 0.717) is 17.1 Å². The van der Waals surface area contributed by atoms with Crippen molar-refractivity contribution in [1.29, 1.82) is 0 Å². The van der Waals surface area contributed by atoms with E-state index in [9.17, 15) is 4.79 Å². The number of carbonyl (C=O) groups is 1. The average molecular weight is 220 g/mol. The van der Waals surface area contributed by atoms with Crippen molar-refractivity contribution in [3.8, 4) is 0 Å². The number of hydrogen-bond donors (Lipinski definition) is 0. The van der Waals surface area contributed by atoms with Gasteiger partial charge in [-0.25, -0.2) is 0 Å². The van der Waals surface area contributed by atoms with Crippen LogP contribution in [0.2, 0.25) is 0 Å².